The molecule has 4 aliphatic rings. The fourth-order valence-electron chi connectivity index (χ4n) is 12.6. The lowest BCUT2D eigenvalue weighted by Gasteiger charge is -2.37. The first-order chi connectivity index (χ1) is 51.4. The summed E-state index contributed by atoms with van der Waals surface area (Å²) < 4.78 is 70.2. The predicted molar refractivity (Wildman–Crippen MR) is 383 cm³/mol. The number of cyclic esters (lactones) is 1. The highest BCUT2D eigenvalue weighted by Crippen LogP contribution is 2.43. The molecule has 35 heteroatoms. The highest BCUT2D eigenvalue weighted by atomic mass is 32.2. The molecule has 11 N–H and O–H groups in total. The molecule has 1 unspecified atom stereocenters. The van der Waals surface area contributed by atoms with Crippen LogP contribution in [0.5, 0.6) is 11.5 Å². The Morgan fingerprint density at radius 2 is 1.41 bits per heavy atom. The third-order valence-electron chi connectivity index (χ3n) is 18.0. The molecule has 6 atom stereocenters. The third-order valence-corrected chi connectivity index (χ3v) is 19.4. The summed E-state index contributed by atoms with van der Waals surface area (Å²) in [7, 11) is -4.20. The van der Waals surface area contributed by atoms with Crippen LogP contribution in [0, 0.1) is 11.8 Å². The maximum absolute atomic E-state index is 14.4. The Hall–Kier alpha value is -11.3. The summed E-state index contributed by atoms with van der Waals surface area (Å²) in [5.74, 6) is -6.38. The number of amides is 9. The number of aliphatic hydroxyl groups excluding tert-OH is 1. The molecule has 0 bridgehead atoms. The molecule has 34 nitrogen and oxygen atoms in total. The molecule has 570 valence electrons. The van der Waals surface area contributed by atoms with Crippen molar-refractivity contribution in [3.63, 3.8) is 0 Å². The number of anilines is 4. The number of aldehydes is 1. The topological polar surface area (TPSA) is 456 Å². The Morgan fingerprint density at radius 1 is 0.748 bits per heavy atom. The van der Waals surface area contributed by atoms with Crippen LogP contribution in [0.15, 0.2) is 107 Å². The fourth-order valence-corrected chi connectivity index (χ4v) is 13.6. The number of urea groups is 3. The van der Waals surface area contributed by atoms with Crippen molar-refractivity contribution in [1.82, 2.24) is 41.0 Å². The van der Waals surface area contributed by atoms with Gasteiger partial charge in [-0.3, -0.25) is 28.7 Å². The molecule has 0 spiro atoms. The number of aromatic nitrogens is 2. The number of ether oxygens (including phenoxy) is 7. The minimum atomic E-state index is -4.20. The average Bonchev–Trinajstić information content (AvgIpc) is 1.65. The van der Waals surface area contributed by atoms with Gasteiger partial charge >= 0.3 is 36.0 Å². The molecule has 6 aromatic rings. The summed E-state index contributed by atoms with van der Waals surface area (Å²) >= 11 is 0. The van der Waals surface area contributed by atoms with E-state index in [0.29, 0.717) is 65.5 Å². The van der Waals surface area contributed by atoms with Gasteiger partial charge in [-0.2, -0.15) is 0 Å². The fraction of sp³-hybridized carbons (Fsp3) is 0.417. The van der Waals surface area contributed by atoms with Gasteiger partial charge in [0.25, 0.3) is 15.6 Å². The number of rotatable bonds is 35. The Kier molecular flexibility index (Phi) is 26.1. The SMILES string of the molecule is CCCNC(=O)Nc1cccc(S(=O)(=O)Nc2cccc([C@@H](NC(=O)Nc3ccc(NC(=O)NCCOCCOCCOCCC(=O)N[C@@H](CC(=O)O)C(=O)N4CCC[C@H]4C(=O)N[C@H](C(=O)O[C@]4(CC)C(=O)OCc5c4cc4n(c5=O)Cc5cc6cc7c(cc6nc5-4)OCO7)C(C)C)cc3)C(C=O)CO)c2)c1. The lowest BCUT2D eigenvalue weighted by molar-refractivity contribution is -0.191. The lowest BCUT2D eigenvalue weighted by Crippen LogP contribution is -2.57. The number of hydrogen-bond donors (Lipinski definition) is 11. The Labute approximate surface area is 613 Å². The molecule has 2 aromatic heterocycles. The van der Waals surface area contributed by atoms with E-state index in [4.69, 9.17) is 38.1 Å². The summed E-state index contributed by atoms with van der Waals surface area (Å²) in [6, 6.07) is 17.5. The van der Waals surface area contributed by atoms with E-state index in [9.17, 15) is 71.4 Å². The second kappa shape index (κ2) is 35.7. The number of nitrogens with one attached hydrogen (secondary N) is 9. The van der Waals surface area contributed by atoms with Crippen LogP contribution in [0.2, 0.25) is 0 Å². The number of hydrogen-bond acceptors (Lipinski definition) is 22. The highest BCUT2D eigenvalue weighted by Gasteiger charge is 2.52. The number of carboxylic acid groups (broad SMARTS) is 1. The van der Waals surface area contributed by atoms with Crippen LogP contribution < -0.4 is 62.3 Å². The van der Waals surface area contributed by atoms with Crippen molar-refractivity contribution >= 4 is 104 Å². The van der Waals surface area contributed by atoms with Crippen molar-refractivity contribution < 1.29 is 99.7 Å². The number of pyridine rings is 2. The third kappa shape index (κ3) is 19.2. The van der Waals surface area contributed by atoms with E-state index in [1.165, 1.54) is 71.3 Å². The number of aliphatic carboxylic acids is 1. The van der Waals surface area contributed by atoms with E-state index >= 15 is 0 Å². The number of likely N-dealkylation sites (tertiary alicyclic amines) is 1. The smallest absolute Gasteiger partial charge is 0.355 e. The number of carbonyl (C=O) groups excluding carboxylic acids is 9. The molecule has 4 aliphatic heterocycles. The molecule has 1 saturated heterocycles. The molecule has 0 aliphatic carbocycles. The van der Waals surface area contributed by atoms with Gasteiger partial charge in [0.05, 0.1) is 98.5 Å². The number of esters is 2. The van der Waals surface area contributed by atoms with Gasteiger partial charge in [0.2, 0.25) is 30.1 Å². The number of sulfonamides is 1. The molecular weight excluding hydrogens is 1420 g/mol. The van der Waals surface area contributed by atoms with Crippen LogP contribution in [-0.2, 0) is 86.0 Å². The molecule has 0 saturated carbocycles. The van der Waals surface area contributed by atoms with Crippen LogP contribution in [0.1, 0.15) is 94.5 Å². The molecule has 1 fully saturated rings. The van der Waals surface area contributed by atoms with Crippen molar-refractivity contribution in [3.8, 4) is 22.9 Å². The predicted octanol–water partition coefficient (Wildman–Crippen LogP) is 4.71. The highest BCUT2D eigenvalue weighted by molar-refractivity contribution is 7.92. The number of aliphatic hydroxyl groups is 1. The van der Waals surface area contributed by atoms with E-state index < -0.39 is 124 Å². The second-order valence-corrected chi connectivity index (χ2v) is 27.4. The zero-order valence-electron chi connectivity index (χ0n) is 59.0. The van der Waals surface area contributed by atoms with E-state index in [-0.39, 0.29) is 125 Å². The first-order valence-electron chi connectivity index (χ1n) is 34.7. The molecule has 6 heterocycles. The van der Waals surface area contributed by atoms with Crippen molar-refractivity contribution in [2.45, 2.75) is 114 Å². The van der Waals surface area contributed by atoms with Crippen LogP contribution in [-0.4, -0.2) is 184 Å². The van der Waals surface area contributed by atoms with Crippen LogP contribution in [0.4, 0.5) is 37.1 Å². The Bertz CT molecular complexity index is 4520. The van der Waals surface area contributed by atoms with Crippen molar-refractivity contribution in [2.24, 2.45) is 11.8 Å². The minimum absolute atomic E-state index is 0.0253. The number of carbonyl (C=O) groups is 10. The quantitative estimate of drug-likeness (QED) is 0.0145. The van der Waals surface area contributed by atoms with Gasteiger partial charge in [0, 0.05) is 71.4 Å². The standard InChI is InChI=1S/C72H84N12O22S/c1-5-20-73-69(95)77-48-11-8-13-50(32-48)107(98,99)82-49-12-7-10-42(30-49)62(45(37-85)38-86)81-71(97)76-47-17-15-46(16-18-47)75-70(96)74-21-24-101-26-28-102-27-25-100-23-19-59(87)78-54(35-60(88)89)66(92)83-22-9-14-55(83)64(90)80-61(41(3)4)67(93)106-72(6-2)52-33-56-63-44(36-84(56)65(91)51(52)39-103-68(72)94)29-43-31-57-58(105-40-104-57)34-53(43)79-63/h7-8,10-13,15-18,29-34,37,41,45,54-55,61-62,82,86H,5-6,9,14,19-28,35-36,38-40H2,1-4H3,(H,78,87)(H,80,90)(H,88,89)(H2,73,77,95)(H2,74,75,96)(H2,76,81,97)/t45?,54-,55-,61-,62+,72-/m0/s1. The molecule has 107 heavy (non-hydrogen) atoms. The lowest BCUT2D eigenvalue weighted by atomic mass is 9.85. The molecule has 0 radical (unpaired) electrons. The zero-order valence-corrected chi connectivity index (χ0v) is 59.8. The van der Waals surface area contributed by atoms with Crippen LogP contribution >= 0.6 is 0 Å². The van der Waals surface area contributed by atoms with E-state index in [2.05, 4.69) is 47.3 Å². The first-order valence-corrected chi connectivity index (χ1v) is 36.2. The van der Waals surface area contributed by atoms with Gasteiger partial charge in [-0.05, 0) is 110 Å². The Morgan fingerprint density at radius 3 is 2.09 bits per heavy atom. The van der Waals surface area contributed by atoms with Crippen LogP contribution in [0.25, 0.3) is 22.3 Å². The van der Waals surface area contributed by atoms with Gasteiger partial charge in [-0.1, -0.05) is 45.9 Å². The normalized spacial score (nSPS) is 16.5. The molecule has 9 amide bonds. The van der Waals surface area contributed by atoms with Crippen molar-refractivity contribution in [1.29, 1.82) is 0 Å². The van der Waals surface area contributed by atoms with E-state index in [1.54, 1.807) is 45.0 Å². The summed E-state index contributed by atoms with van der Waals surface area (Å²) in [6.45, 7) is 6.97. The van der Waals surface area contributed by atoms with Gasteiger partial charge in [-0.15, -0.1) is 0 Å². The van der Waals surface area contributed by atoms with Gasteiger partial charge in [-0.25, -0.2) is 37.4 Å². The molecule has 10 rings (SSSR count). The van der Waals surface area contributed by atoms with Crippen molar-refractivity contribution in [3.05, 3.63) is 130 Å². The molecular formula is C72H84N12O22S. The summed E-state index contributed by atoms with van der Waals surface area (Å²) in [5.41, 5.74) is 1.06. The van der Waals surface area contributed by atoms with E-state index in [1.807, 2.05) is 13.0 Å². The second-order valence-electron chi connectivity index (χ2n) is 25.8. The largest absolute Gasteiger partial charge is 0.481 e. The molecule has 4 aromatic carbocycles. The average molecular weight is 1500 g/mol. The van der Waals surface area contributed by atoms with Crippen LogP contribution in [0.3, 0.4) is 0 Å². The zero-order chi connectivity index (χ0) is 76.5. The Balaban J connectivity index is 0.612. The maximum Gasteiger partial charge on any atom is 0.355 e. The van der Waals surface area contributed by atoms with E-state index in [0.717, 1.165) is 15.8 Å². The van der Waals surface area contributed by atoms with Crippen molar-refractivity contribution in [2.75, 3.05) is 93.3 Å². The number of carboxylic acids is 1. The number of fused-ring (bicyclic) bond motifs is 6. The first kappa shape index (κ1) is 78.3. The van der Waals surface area contributed by atoms with Gasteiger partial charge in [0.1, 0.15) is 31.0 Å². The summed E-state index contributed by atoms with van der Waals surface area (Å²) in [6.07, 6.45) is 0.380. The maximum atomic E-state index is 14.4. The monoisotopic (exact) mass is 1500 g/mol. The number of nitrogens with zero attached hydrogens (tertiary/aromatic N) is 3. The summed E-state index contributed by atoms with van der Waals surface area (Å²) in [5, 5.41) is 41.6. The summed E-state index contributed by atoms with van der Waals surface area (Å²) in [4.78, 5) is 152. The van der Waals surface area contributed by atoms with Gasteiger partial charge < -0.3 is 100 Å². The van der Waals surface area contributed by atoms with Gasteiger partial charge in [0.15, 0.2) is 11.5 Å². The minimum Gasteiger partial charge on any atom is -0.481 e. The number of benzene rings is 4.